The Kier molecular flexibility index (Phi) is 15.8. The summed E-state index contributed by atoms with van der Waals surface area (Å²) < 4.78 is 5.42. The summed E-state index contributed by atoms with van der Waals surface area (Å²) in [5.41, 5.74) is 4.91. The third kappa shape index (κ3) is 9.80. The molecule has 0 aliphatic heterocycles. The minimum Gasteiger partial charge on any atom is -0.421 e. The zero-order valence-electron chi connectivity index (χ0n) is 18.2. The summed E-state index contributed by atoms with van der Waals surface area (Å²) in [6.45, 7) is 19.8. The Morgan fingerprint density at radius 2 is 1.81 bits per heavy atom. The van der Waals surface area contributed by atoms with E-state index in [2.05, 4.69) is 6.58 Å². The van der Waals surface area contributed by atoms with E-state index in [9.17, 15) is 10.0 Å². The van der Waals surface area contributed by atoms with Gasteiger partial charge in [0.25, 0.3) is 0 Å². The molecule has 1 rings (SSSR count). The standard InChI is InChI=1S/C19H25NO3.2C2H6/c1-6-14(5)8-9-15(7-2)19(21)23-18-12-16(13(3)4)10-11-17(18)20-22;2*1-2/h7-13,20,22H,2,6H2,1,3-5H3;2*1-2H3/b14-8+,15-9+;;. The fourth-order valence-electron chi connectivity index (χ4n) is 1.80. The molecule has 0 unspecified atom stereocenters. The molecule has 0 aliphatic carbocycles. The summed E-state index contributed by atoms with van der Waals surface area (Å²) >= 11 is 0. The molecule has 0 amide bonds. The van der Waals surface area contributed by atoms with Crippen LogP contribution in [0.5, 0.6) is 5.75 Å². The lowest BCUT2D eigenvalue weighted by Crippen LogP contribution is -2.11. The zero-order chi connectivity index (χ0) is 21.4. The topological polar surface area (TPSA) is 58.6 Å². The van der Waals surface area contributed by atoms with Gasteiger partial charge in [0.2, 0.25) is 0 Å². The number of nitrogens with one attached hydrogen (secondary N) is 1. The third-order valence-corrected chi connectivity index (χ3v) is 3.56. The Morgan fingerprint density at radius 1 is 1.22 bits per heavy atom. The van der Waals surface area contributed by atoms with E-state index < -0.39 is 5.97 Å². The van der Waals surface area contributed by atoms with E-state index in [4.69, 9.17) is 4.74 Å². The molecule has 0 fully saturated rings. The Hall–Kier alpha value is -2.33. The van der Waals surface area contributed by atoms with Crippen LogP contribution in [0, 0.1) is 0 Å². The van der Waals surface area contributed by atoms with Gasteiger partial charge in [0.15, 0.2) is 5.75 Å². The summed E-state index contributed by atoms with van der Waals surface area (Å²) in [7, 11) is 0. The molecule has 0 saturated heterocycles. The number of carbonyl (C=O) groups excluding carboxylic acids is 1. The third-order valence-electron chi connectivity index (χ3n) is 3.56. The summed E-state index contributed by atoms with van der Waals surface area (Å²) in [4.78, 5) is 12.3. The molecule has 0 atom stereocenters. The molecule has 0 spiro atoms. The highest BCUT2D eigenvalue weighted by Gasteiger charge is 2.13. The molecule has 1 aromatic carbocycles. The van der Waals surface area contributed by atoms with Gasteiger partial charge < -0.3 is 4.74 Å². The van der Waals surface area contributed by atoms with Crippen LogP contribution in [0.15, 0.2) is 54.2 Å². The summed E-state index contributed by atoms with van der Waals surface area (Å²) in [5.74, 6) is 0.0509. The second kappa shape index (κ2) is 15.9. The van der Waals surface area contributed by atoms with Gasteiger partial charge >= 0.3 is 5.97 Å². The molecule has 0 aromatic heterocycles. The number of rotatable bonds is 7. The first-order valence-electron chi connectivity index (χ1n) is 9.69. The van der Waals surface area contributed by atoms with E-state index in [1.807, 2.05) is 73.0 Å². The van der Waals surface area contributed by atoms with Crippen LogP contribution >= 0.6 is 0 Å². The largest absolute Gasteiger partial charge is 0.421 e. The number of anilines is 1. The van der Waals surface area contributed by atoms with Crippen molar-refractivity contribution in [2.24, 2.45) is 0 Å². The van der Waals surface area contributed by atoms with Gasteiger partial charge in [-0.15, -0.1) is 0 Å². The number of ether oxygens (including phenoxy) is 1. The van der Waals surface area contributed by atoms with E-state index in [0.29, 0.717) is 11.3 Å². The minimum absolute atomic E-state index is 0.282. The van der Waals surface area contributed by atoms with Gasteiger partial charge in [-0.2, -0.15) is 0 Å². The lowest BCUT2D eigenvalue weighted by molar-refractivity contribution is -0.129. The SMILES string of the molecule is C=C/C(=C\C=C(/C)CC)C(=O)Oc1cc(C(C)C)ccc1NO.CC.CC. The molecule has 0 aliphatic rings. The molecule has 0 saturated carbocycles. The van der Waals surface area contributed by atoms with Crippen molar-refractivity contribution in [3.63, 3.8) is 0 Å². The second-order valence-corrected chi connectivity index (χ2v) is 5.60. The molecule has 0 heterocycles. The lowest BCUT2D eigenvalue weighted by Gasteiger charge is -2.13. The average molecular weight is 376 g/mol. The van der Waals surface area contributed by atoms with E-state index in [-0.39, 0.29) is 11.7 Å². The monoisotopic (exact) mass is 375 g/mol. The van der Waals surface area contributed by atoms with Crippen LogP contribution in [-0.2, 0) is 4.79 Å². The van der Waals surface area contributed by atoms with Gasteiger partial charge in [-0.25, -0.2) is 4.79 Å². The maximum atomic E-state index is 12.3. The van der Waals surface area contributed by atoms with Crippen LogP contribution in [-0.4, -0.2) is 11.2 Å². The van der Waals surface area contributed by atoms with Crippen LogP contribution in [0.3, 0.4) is 0 Å². The first-order valence-corrected chi connectivity index (χ1v) is 9.69. The molecular weight excluding hydrogens is 338 g/mol. The average Bonchev–Trinajstić information content (AvgIpc) is 2.71. The first kappa shape index (κ1) is 26.9. The predicted molar refractivity (Wildman–Crippen MR) is 117 cm³/mol. The highest BCUT2D eigenvalue weighted by molar-refractivity contribution is 5.94. The minimum atomic E-state index is -0.516. The van der Waals surface area contributed by atoms with Crippen molar-refractivity contribution >= 4 is 11.7 Å². The van der Waals surface area contributed by atoms with Crippen LogP contribution in [0.1, 0.15) is 73.3 Å². The van der Waals surface area contributed by atoms with Crippen LogP contribution in [0.2, 0.25) is 0 Å². The highest BCUT2D eigenvalue weighted by Crippen LogP contribution is 2.29. The molecule has 152 valence electrons. The Labute approximate surface area is 165 Å². The zero-order valence-corrected chi connectivity index (χ0v) is 18.2. The molecule has 4 nitrogen and oxygen atoms in total. The maximum absolute atomic E-state index is 12.3. The molecule has 1 aromatic rings. The number of benzene rings is 1. The van der Waals surface area contributed by atoms with Crippen molar-refractivity contribution in [1.29, 1.82) is 0 Å². The van der Waals surface area contributed by atoms with Crippen LogP contribution in [0.25, 0.3) is 0 Å². The Bertz CT molecular complexity index is 629. The van der Waals surface area contributed by atoms with Crippen molar-refractivity contribution in [3.8, 4) is 5.75 Å². The van der Waals surface area contributed by atoms with Gasteiger partial charge in [-0.05, 0) is 43.0 Å². The van der Waals surface area contributed by atoms with Crippen LogP contribution < -0.4 is 10.2 Å². The van der Waals surface area contributed by atoms with Crippen molar-refractivity contribution in [2.45, 2.75) is 67.7 Å². The first-order chi connectivity index (χ1) is 12.9. The smallest absolute Gasteiger partial charge is 0.343 e. The van der Waals surface area contributed by atoms with E-state index >= 15 is 0 Å². The molecule has 0 radical (unpaired) electrons. The summed E-state index contributed by atoms with van der Waals surface area (Å²) in [5, 5.41) is 9.18. The van der Waals surface area contributed by atoms with E-state index in [1.165, 1.54) is 6.08 Å². The fraction of sp³-hybridized carbons (Fsp3) is 0.435. The molecule has 27 heavy (non-hydrogen) atoms. The van der Waals surface area contributed by atoms with Gasteiger partial charge in [-0.1, -0.05) is 78.8 Å². The van der Waals surface area contributed by atoms with Crippen molar-refractivity contribution < 1.29 is 14.7 Å². The van der Waals surface area contributed by atoms with E-state index in [0.717, 1.165) is 17.6 Å². The molecular formula is C23H37NO3. The van der Waals surface area contributed by atoms with Crippen molar-refractivity contribution in [1.82, 2.24) is 0 Å². The van der Waals surface area contributed by atoms with Gasteiger partial charge in [0.1, 0.15) is 5.69 Å². The normalized spacial score (nSPS) is 10.9. The predicted octanol–water partition coefficient (Wildman–Crippen LogP) is 7.04. The molecule has 4 heteroatoms. The highest BCUT2D eigenvalue weighted by atomic mass is 16.5. The van der Waals surface area contributed by atoms with E-state index in [1.54, 1.807) is 18.2 Å². The number of allylic oxidation sites excluding steroid dienone is 3. The summed E-state index contributed by atoms with van der Waals surface area (Å²) in [6.07, 6.45) is 5.92. The van der Waals surface area contributed by atoms with Crippen molar-refractivity contribution in [2.75, 3.05) is 5.48 Å². The number of esters is 1. The Morgan fingerprint density at radius 3 is 2.26 bits per heavy atom. The lowest BCUT2D eigenvalue weighted by atomic mass is 10.0. The Balaban J connectivity index is 0. The number of hydrogen-bond acceptors (Lipinski definition) is 4. The summed E-state index contributed by atoms with van der Waals surface area (Å²) in [6, 6.07) is 5.30. The van der Waals surface area contributed by atoms with Gasteiger partial charge in [0, 0.05) is 0 Å². The number of hydrogen-bond donors (Lipinski definition) is 2. The van der Waals surface area contributed by atoms with Crippen molar-refractivity contribution in [3.05, 3.63) is 59.7 Å². The quantitative estimate of drug-likeness (QED) is 0.176. The molecule has 0 bridgehead atoms. The maximum Gasteiger partial charge on any atom is 0.343 e. The molecule has 2 N–H and O–H groups in total. The second-order valence-electron chi connectivity index (χ2n) is 5.60. The van der Waals surface area contributed by atoms with Gasteiger partial charge in [0.05, 0.1) is 5.57 Å². The fourth-order valence-corrected chi connectivity index (χ4v) is 1.80. The number of carbonyl (C=O) groups is 1. The van der Waals surface area contributed by atoms with Crippen LogP contribution in [0.4, 0.5) is 5.69 Å². The van der Waals surface area contributed by atoms with Gasteiger partial charge in [-0.3, -0.25) is 10.7 Å².